The smallest absolute Gasteiger partial charge is 0.262 e. The van der Waals surface area contributed by atoms with Gasteiger partial charge in [0.05, 0.1) is 0 Å². The van der Waals surface area contributed by atoms with Crippen molar-refractivity contribution in [3.05, 3.63) is 35.9 Å². The van der Waals surface area contributed by atoms with Gasteiger partial charge in [-0.25, -0.2) is 5.26 Å². The molecule has 1 aromatic rings. The molecule has 0 unspecified atom stereocenters. The third-order valence-corrected chi connectivity index (χ3v) is 1.92. The third-order valence-electron chi connectivity index (χ3n) is 1.73. The SMILES string of the molecule is CC(C)(C)c1ccccc1.O=S(=O)(O)OO. The van der Waals surface area contributed by atoms with Crippen LogP contribution in [0.1, 0.15) is 26.3 Å². The summed E-state index contributed by atoms with van der Waals surface area (Å²) in [5.74, 6) is 0. The molecule has 92 valence electrons. The topological polar surface area (TPSA) is 83.8 Å². The molecular weight excluding hydrogens is 232 g/mol. The normalized spacial score (nSPS) is 11.6. The summed E-state index contributed by atoms with van der Waals surface area (Å²) in [5.41, 5.74) is 1.69. The molecule has 6 heteroatoms. The van der Waals surface area contributed by atoms with Gasteiger partial charge < -0.3 is 0 Å². The first-order valence-corrected chi connectivity index (χ1v) is 5.89. The van der Waals surface area contributed by atoms with E-state index in [1.165, 1.54) is 5.56 Å². The summed E-state index contributed by atoms with van der Waals surface area (Å²) in [6, 6.07) is 10.6. The lowest BCUT2D eigenvalue weighted by Gasteiger charge is -2.18. The van der Waals surface area contributed by atoms with Crippen LogP contribution in [-0.4, -0.2) is 18.2 Å². The van der Waals surface area contributed by atoms with Crippen LogP contribution in [0.5, 0.6) is 0 Å². The van der Waals surface area contributed by atoms with Gasteiger partial charge in [-0.3, -0.25) is 4.55 Å². The zero-order valence-corrected chi connectivity index (χ0v) is 10.2. The first-order valence-electron chi connectivity index (χ1n) is 4.53. The van der Waals surface area contributed by atoms with Gasteiger partial charge in [-0.05, 0) is 11.0 Å². The van der Waals surface area contributed by atoms with Crippen molar-refractivity contribution in [2.24, 2.45) is 0 Å². The van der Waals surface area contributed by atoms with Crippen LogP contribution in [0.3, 0.4) is 0 Å². The average Bonchev–Trinajstić information content (AvgIpc) is 2.18. The van der Waals surface area contributed by atoms with E-state index in [1.807, 2.05) is 0 Å². The molecule has 2 N–H and O–H groups in total. The van der Waals surface area contributed by atoms with E-state index in [2.05, 4.69) is 55.4 Å². The van der Waals surface area contributed by atoms with Crippen LogP contribution < -0.4 is 0 Å². The van der Waals surface area contributed by atoms with Crippen molar-refractivity contribution in [1.82, 2.24) is 0 Å². The van der Waals surface area contributed by atoms with E-state index in [4.69, 9.17) is 18.2 Å². The highest BCUT2D eigenvalue weighted by Crippen LogP contribution is 2.20. The Hall–Kier alpha value is -0.950. The quantitative estimate of drug-likeness (QED) is 0.452. The van der Waals surface area contributed by atoms with Gasteiger partial charge in [-0.2, -0.15) is 8.42 Å². The minimum Gasteiger partial charge on any atom is -0.262 e. The van der Waals surface area contributed by atoms with Crippen molar-refractivity contribution >= 4 is 10.4 Å². The molecule has 1 rings (SSSR count). The Bertz CT molecular complexity index is 391. The largest absolute Gasteiger partial charge is 0.423 e. The molecule has 0 aliphatic rings. The molecule has 0 heterocycles. The molecule has 0 bridgehead atoms. The second-order valence-corrected chi connectivity index (χ2v) is 5.12. The van der Waals surface area contributed by atoms with Crippen LogP contribution in [0, 0.1) is 0 Å². The Morgan fingerprint density at radius 3 is 1.69 bits per heavy atom. The summed E-state index contributed by atoms with van der Waals surface area (Å²) in [7, 11) is -4.61. The van der Waals surface area contributed by atoms with E-state index in [0.29, 0.717) is 5.41 Å². The minimum atomic E-state index is -4.61. The molecule has 0 saturated heterocycles. The number of hydrogen-bond donors (Lipinski definition) is 2. The van der Waals surface area contributed by atoms with Gasteiger partial charge in [-0.1, -0.05) is 55.4 Å². The fourth-order valence-electron chi connectivity index (χ4n) is 0.938. The van der Waals surface area contributed by atoms with Gasteiger partial charge in [0.2, 0.25) is 0 Å². The molecule has 0 fully saturated rings. The molecule has 0 radical (unpaired) electrons. The Morgan fingerprint density at radius 1 is 1.12 bits per heavy atom. The van der Waals surface area contributed by atoms with Gasteiger partial charge in [-0.15, -0.1) is 0 Å². The maximum absolute atomic E-state index is 9.08. The van der Waals surface area contributed by atoms with Gasteiger partial charge in [0, 0.05) is 0 Å². The van der Waals surface area contributed by atoms with Crippen molar-refractivity contribution in [1.29, 1.82) is 0 Å². The lowest BCUT2D eigenvalue weighted by Crippen LogP contribution is -2.10. The van der Waals surface area contributed by atoms with E-state index < -0.39 is 10.4 Å². The summed E-state index contributed by atoms with van der Waals surface area (Å²) in [6.07, 6.45) is 0. The summed E-state index contributed by atoms with van der Waals surface area (Å²) < 4.78 is 28.0. The summed E-state index contributed by atoms with van der Waals surface area (Å²) in [5, 5.41) is 7.06. The lowest BCUT2D eigenvalue weighted by molar-refractivity contribution is -0.139. The number of benzene rings is 1. The second-order valence-electron chi connectivity index (χ2n) is 4.12. The van der Waals surface area contributed by atoms with Crippen molar-refractivity contribution in [3.8, 4) is 0 Å². The summed E-state index contributed by atoms with van der Waals surface area (Å²) >= 11 is 0. The lowest BCUT2D eigenvalue weighted by atomic mass is 9.87. The Balaban J connectivity index is 0.000000325. The fourth-order valence-corrected chi connectivity index (χ4v) is 0.938. The van der Waals surface area contributed by atoms with Gasteiger partial charge >= 0.3 is 10.4 Å². The third kappa shape index (κ3) is 7.36. The molecule has 0 spiro atoms. The zero-order chi connectivity index (χ0) is 12.8. The van der Waals surface area contributed by atoms with Crippen LogP contribution in [0.2, 0.25) is 0 Å². The Morgan fingerprint density at radius 2 is 1.50 bits per heavy atom. The molecule has 1 aromatic carbocycles. The van der Waals surface area contributed by atoms with E-state index in [9.17, 15) is 0 Å². The number of hydrogen-bond acceptors (Lipinski definition) is 4. The maximum atomic E-state index is 9.08. The van der Waals surface area contributed by atoms with Gasteiger partial charge in [0.25, 0.3) is 0 Å². The van der Waals surface area contributed by atoms with Crippen molar-refractivity contribution in [2.75, 3.05) is 0 Å². The first kappa shape index (κ1) is 15.0. The highest BCUT2D eigenvalue weighted by molar-refractivity contribution is 7.80. The molecule has 0 atom stereocenters. The summed E-state index contributed by atoms with van der Waals surface area (Å²) in [6.45, 7) is 6.67. The Kier molecular flexibility index (Phi) is 5.60. The first-order chi connectivity index (χ1) is 7.17. The molecule has 5 nitrogen and oxygen atoms in total. The average molecular weight is 248 g/mol. The van der Waals surface area contributed by atoms with Crippen molar-refractivity contribution in [2.45, 2.75) is 26.2 Å². The van der Waals surface area contributed by atoms with Gasteiger partial charge in [0.15, 0.2) is 0 Å². The highest BCUT2D eigenvalue weighted by atomic mass is 32.3. The van der Waals surface area contributed by atoms with Crippen LogP contribution >= 0.6 is 0 Å². The van der Waals surface area contributed by atoms with E-state index >= 15 is 0 Å². The molecule has 16 heavy (non-hydrogen) atoms. The fraction of sp³-hybridized carbons (Fsp3) is 0.400. The molecule has 0 aliphatic heterocycles. The molecule has 0 aliphatic carbocycles. The van der Waals surface area contributed by atoms with Crippen molar-refractivity contribution in [3.63, 3.8) is 0 Å². The predicted octanol–water partition coefficient (Wildman–Crippen LogP) is 2.26. The second kappa shape index (κ2) is 5.95. The van der Waals surface area contributed by atoms with Crippen LogP contribution in [0.4, 0.5) is 0 Å². The minimum absolute atomic E-state index is 0.293. The number of rotatable bonds is 1. The van der Waals surface area contributed by atoms with Crippen LogP contribution in [-0.2, 0) is 20.1 Å². The van der Waals surface area contributed by atoms with Gasteiger partial charge in [0.1, 0.15) is 0 Å². The maximum Gasteiger partial charge on any atom is 0.423 e. The van der Waals surface area contributed by atoms with Crippen molar-refractivity contribution < 1.29 is 22.6 Å². The van der Waals surface area contributed by atoms with Crippen LogP contribution in [0.15, 0.2) is 30.3 Å². The highest BCUT2D eigenvalue weighted by Gasteiger charge is 2.11. The van der Waals surface area contributed by atoms with E-state index in [0.717, 1.165) is 0 Å². The molecule has 0 amide bonds. The summed E-state index contributed by atoms with van der Waals surface area (Å²) in [4.78, 5) is 0. The molecule has 0 aromatic heterocycles. The van der Waals surface area contributed by atoms with E-state index in [1.54, 1.807) is 0 Å². The predicted molar refractivity (Wildman–Crippen MR) is 60.4 cm³/mol. The standard InChI is InChI=1S/C10H14.H2O5S/c1-10(2,3)9-7-5-4-6-8-9;1-5-6(2,3)4/h4-8H,1-3H3;1H,(H,2,3,4). The molecule has 0 saturated carbocycles. The van der Waals surface area contributed by atoms with Crippen LogP contribution in [0.25, 0.3) is 0 Å². The Labute approximate surface area is 95.6 Å². The monoisotopic (exact) mass is 248 g/mol. The zero-order valence-electron chi connectivity index (χ0n) is 9.41. The molecular formula is C10H16O5S. The van der Waals surface area contributed by atoms with E-state index in [-0.39, 0.29) is 0 Å².